The third-order valence-corrected chi connectivity index (χ3v) is 5.18. The molecule has 20 heavy (non-hydrogen) atoms. The van der Waals surface area contributed by atoms with E-state index in [0.29, 0.717) is 19.3 Å². The van der Waals surface area contributed by atoms with E-state index in [1.165, 1.54) is 4.31 Å². The van der Waals surface area contributed by atoms with Gasteiger partial charge in [0.15, 0.2) is 0 Å². The Labute approximate surface area is 116 Å². The van der Waals surface area contributed by atoms with Crippen molar-refractivity contribution in [3.05, 3.63) is 17.9 Å². The van der Waals surface area contributed by atoms with E-state index in [-0.39, 0.29) is 18.2 Å². The van der Waals surface area contributed by atoms with Gasteiger partial charge in [0, 0.05) is 13.1 Å². The number of aromatic carboxylic acids is 1. The van der Waals surface area contributed by atoms with E-state index in [1.807, 2.05) is 0 Å². The van der Waals surface area contributed by atoms with Gasteiger partial charge in [-0.05, 0) is 38.3 Å². The van der Waals surface area contributed by atoms with Crippen LogP contribution in [0.1, 0.15) is 36.7 Å². The zero-order valence-electron chi connectivity index (χ0n) is 11.1. The average Bonchev–Trinajstić information content (AvgIpc) is 2.76. The summed E-state index contributed by atoms with van der Waals surface area (Å²) >= 11 is 0. The number of hydrogen-bond donors (Lipinski definition) is 2. The molecule has 0 spiro atoms. The molecule has 1 aliphatic heterocycles. The van der Waals surface area contributed by atoms with Crippen molar-refractivity contribution in [3.8, 4) is 0 Å². The maximum Gasteiger partial charge on any atom is 0.371 e. The summed E-state index contributed by atoms with van der Waals surface area (Å²) in [5.41, 5.74) is -0.875. The maximum absolute atomic E-state index is 12.3. The summed E-state index contributed by atoms with van der Waals surface area (Å²) in [6.07, 6.45) is 1.40. The Bertz CT molecular complexity index is 603. The van der Waals surface area contributed by atoms with Crippen LogP contribution in [0.2, 0.25) is 0 Å². The van der Waals surface area contributed by atoms with Gasteiger partial charge in [-0.15, -0.1) is 0 Å². The fourth-order valence-electron chi connectivity index (χ4n) is 2.18. The first kappa shape index (κ1) is 15.0. The molecule has 2 rings (SSSR count). The lowest BCUT2D eigenvalue weighted by molar-refractivity contribution is 0.0464. The smallest absolute Gasteiger partial charge is 0.371 e. The minimum Gasteiger partial charge on any atom is -0.475 e. The van der Waals surface area contributed by atoms with Gasteiger partial charge >= 0.3 is 5.97 Å². The maximum atomic E-state index is 12.3. The van der Waals surface area contributed by atoms with Gasteiger partial charge in [-0.1, -0.05) is 0 Å². The van der Waals surface area contributed by atoms with Gasteiger partial charge < -0.3 is 14.6 Å². The van der Waals surface area contributed by atoms with Crippen molar-refractivity contribution in [1.29, 1.82) is 0 Å². The molecule has 0 aliphatic carbocycles. The van der Waals surface area contributed by atoms with Crippen molar-refractivity contribution in [2.75, 3.05) is 13.1 Å². The first-order valence-electron chi connectivity index (χ1n) is 6.28. The molecule has 0 saturated carbocycles. The Kier molecular flexibility index (Phi) is 3.90. The third-order valence-electron chi connectivity index (χ3n) is 3.41. The van der Waals surface area contributed by atoms with Crippen LogP contribution in [-0.4, -0.2) is 47.6 Å². The molecule has 2 heterocycles. The molecule has 1 atom stereocenters. The van der Waals surface area contributed by atoms with Crippen LogP contribution in [0.4, 0.5) is 0 Å². The summed E-state index contributed by atoms with van der Waals surface area (Å²) in [7, 11) is -3.86. The molecule has 1 aromatic heterocycles. The van der Waals surface area contributed by atoms with Gasteiger partial charge in [-0.3, -0.25) is 0 Å². The van der Waals surface area contributed by atoms with Crippen molar-refractivity contribution in [3.63, 3.8) is 0 Å². The molecule has 2 N–H and O–H groups in total. The molecule has 1 saturated heterocycles. The van der Waals surface area contributed by atoms with E-state index < -0.39 is 27.4 Å². The number of furan rings is 1. The molecule has 7 nitrogen and oxygen atoms in total. The molecular formula is C12H17NO6S. The zero-order chi connectivity index (χ0) is 15.0. The number of hydrogen-bond acceptors (Lipinski definition) is 5. The second kappa shape index (κ2) is 5.19. The Balaban J connectivity index is 2.23. The summed E-state index contributed by atoms with van der Waals surface area (Å²) in [5, 5.41) is 18.3. The molecule has 0 radical (unpaired) electrons. The Morgan fingerprint density at radius 1 is 1.35 bits per heavy atom. The summed E-state index contributed by atoms with van der Waals surface area (Å²) in [6.45, 7) is 2.14. The van der Waals surface area contributed by atoms with Gasteiger partial charge in [0.2, 0.25) is 10.9 Å². The second-order valence-corrected chi connectivity index (χ2v) is 7.05. The lowest BCUT2D eigenvalue weighted by Gasteiger charge is -2.21. The van der Waals surface area contributed by atoms with E-state index in [0.717, 1.165) is 12.1 Å². The van der Waals surface area contributed by atoms with Gasteiger partial charge in [-0.2, -0.15) is 4.31 Å². The van der Waals surface area contributed by atoms with Crippen LogP contribution >= 0.6 is 0 Å². The lowest BCUT2D eigenvalue weighted by atomic mass is 9.98. The highest BCUT2D eigenvalue weighted by Crippen LogP contribution is 2.26. The van der Waals surface area contributed by atoms with Crippen LogP contribution in [0.5, 0.6) is 0 Å². The molecule has 1 fully saturated rings. The number of sulfonamides is 1. The largest absolute Gasteiger partial charge is 0.475 e. The number of carboxylic acid groups (broad SMARTS) is 1. The van der Waals surface area contributed by atoms with Gasteiger partial charge in [0.25, 0.3) is 10.0 Å². The highest BCUT2D eigenvalue weighted by molar-refractivity contribution is 7.89. The average molecular weight is 303 g/mol. The first-order valence-corrected chi connectivity index (χ1v) is 7.72. The molecular weight excluding hydrogens is 286 g/mol. The number of aliphatic hydroxyl groups is 1. The molecule has 0 amide bonds. The second-order valence-electron chi connectivity index (χ2n) is 5.18. The molecule has 112 valence electrons. The minimum atomic E-state index is -3.86. The zero-order valence-corrected chi connectivity index (χ0v) is 11.9. The summed E-state index contributed by atoms with van der Waals surface area (Å²) < 4.78 is 30.8. The number of carboxylic acids is 1. The normalized spacial score (nSPS) is 25.3. The van der Waals surface area contributed by atoms with E-state index in [4.69, 9.17) is 9.52 Å². The number of nitrogens with zero attached hydrogens (tertiary/aromatic N) is 1. The van der Waals surface area contributed by atoms with Crippen LogP contribution in [-0.2, 0) is 10.0 Å². The van der Waals surface area contributed by atoms with Crippen LogP contribution in [0.25, 0.3) is 0 Å². The van der Waals surface area contributed by atoms with Crippen LogP contribution < -0.4 is 0 Å². The summed E-state index contributed by atoms with van der Waals surface area (Å²) in [5.74, 6) is -1.73. The van der Waals surface area contributed by atoms with Crippen LogP contribution in [0.15, 0.2) is 21.6 Å². The van der Waals surface area contributed by atoms with Crippen molar-refractivity contribution < 1.29 is 27.8 Å². The molecule has 0 bridgehead atoms. The predicted octanol–water partition coefficient (Wildman–Crippen LogP) is 0.903. The van der Waals surface area contributed by atoms with E-state index in [1.54, 1.807) is 6.92 Å². The van der Waals surface area contributed by atoms with Gasteiger partial charge in [-0.25, -0.2) is 13.2 Å². The van der Waals surface area contributed by atoms with Crippen molar-refractivity contribution >= 4 is 16.0 Å². The first-order chi connectivity index (χ1) is 9.22. The fraction of sp³-hybridized carbons (Fsp3) is 0.583. The fourth-order valence-corrected chi connectivity index (χ4v) is 3.57. The molecule has 8 heteroatoms. The molecule has 1 aliphatic rings. The predicted molar refractivity (Wildman–Crippen MR) is 68.9 cm³/mol. The Hall–Kier alpha value is -1.38. The highest BCUT2D eigenvalue weighted by atomic mass is 32.2. The standard InChI is InChI=1S/C12H17NO6S/c1-12(16)5-2-7-13(8-6-12)20(17,18)10-4-3-9(19-10)11(14)15/h3-4,16H,2,5-8H2,1H3,(H,14,15). The minimum absolute atomic E-state index is 0.179. The van der Waals surface area contributed by atoms with Crippen molar-refractivity contribution in [2.24, 2.45) is 0 Å². The third kappa shape index (κ3) is 3.02. The van der Waals surface area contributed by atoms with Gasteiger partial charge in [0.1, 0.15) is 0 Å². The van der Waals surface area contributed by atoms with Crippen LogP contribution in [0, 0.1) is 0 Å². The summed E-state index contributed by atoms with van der Waals surface area (Å²) in [6, 6.07) is 2.25. The lowest BCUT2D eigenvalue weighted by Crippen LogP contribution is -2.33. The number of rotatable bonds is 3. The van der Waals surface area contributed by atoms with Crippen molar-refractivity contribution in [2.45, 2.75) is 36.9 Å². The SMILES string of the molecule is CC1(O)CCCN(S(=O)(=O)c2ccc(C(=O)O)o2)CC1. The molecule has 1 unspecified atom stereocenters. The summed E-state index contributed by atoms with van der Waals surface area (Å²) in [4.78, 5) is 10.7. The Morgan fingerprint density at radius 3 is 2.65 bits per heavy atom. The van der Waals surface area contributed by atoms with Crippen molar-refractivity contribution in [1.82, 2.24) is 4.31 Å². The van der Waals surface area contributed by atoms with E-state index in [2.05, 4.69) is 0 Å². The number of carbonyl (C=O) groups is 1. The quantitative estimate of drug-likeness (QED) is 0.859. The molecule has 1 aromatic rings. The van der Waals surface area contributed by atoms with E-state index >= 15 is 0 Å². The van der Waals surface area contributed by atoms with Crippen LogP contribution in [0.3, 0.4) is 0 Å². The van der Waals surface area contributed by atoms with Gasteiger partial charge in [0.05, 0.1) is 5.60 Å². The highest BCUT2D eigenvalue weighted by Gasteiger charge is 2.33. The Morgan fingerprint density at radius 2 is 2.05 bits per heavy atom. The molecule has 0 aromatic carbocycles. The monoisotopic (exact) mass is 303 g/mol. The van der Waals surface area contributed by atoms with E-state index in [9.17, 15) is 18.3 Å². The topological polar surface area (TPSA) is 108 Å².